The summed E-state index contributed by atoms with van der Waals surface area (Å²) in [6.45, 7) is 9.52. The summed E-state index contributed by atoms with van der Waals surface area (Å²) in [5.41, 5.74) is 0.986. The van der Waals surface area contributed by atoms with E-state index in [1.165, 1.54) is 25.1 Å². The van der Waals surface area contributed by atoms with Crippen LogP contribution in [0.15, 0.2) is 84.1 Å². The van der Waals surface area contributed by atoms with Crippen molar-refractivity contribution in [2.24, 2.45) is 0 Å². The fourth-order valence-corrected chi connectivity index (χ4v) is 4.41. The van der Waals surface area contributed by atoms with E-state index in [0.29, 0.717) is 16.7 Å². The van der Waals surface area contributed by atoms with E-state index in [-0.39, 0.29) is 35.7 Å². The van der Waals surface area contributed by atoms with Crippen LogP contribution in [0.1, 0.15) is 69.2 Å². The first kappa shape index (κ1) is 32.6. The number of amides is 2. The highest BCUT2D eigenvalue weighted by Gasteiger charge is 2.38. The molecule has 0 aromatic heterocycles. The maximum atomic E-state index is 13.5. The Hall–Kier alpha value is -4.58. The molecule has 2 amide bonds. The molecule has 3 aromatic rings. The maximum absolute atomic E-state index is 13.5. The molecule has 9 heteroatoms. The molecule has 6 nitrogen and oxygen atoms in total. The number of phenolic OH excluding ortho intramolecular Hbond substituents is 1. The van der Waals surface area contributed by atoms with Crippen LogP contribution in [0.3, 0.4) is 0 Å². The number of alkyl halides is 3. The molecule has 1 aliphatic rings. The molecule has 1 aliphatic heterocycles. The summed E-state index contributed by atoms with van der Waals surface area (Å²) in [4.78, 5) is 27.9. The van der Waals surface area contributed by atoms with Crippen molar-refractivity contribution in [3.05, 3.63) is 106 Å². The number of aromatic hydroxyl groups is 1. The number of phenols is 1. The second-order valence-corrected chi connectivity index (χ2v) is 8.58. The Balaban J connectivity index is 0.00000141. The molecular formula is C32H34F3N3O3. The fourth-order valence-electron chi connectivity index (χ4n) is 4.41. The van der Waals surface area contributed by atoms with Gasteiger partial charge in [0.1, 0.15) is 5.75 Å². The van der Waals surface area contributed by atoms with Crippen LogP contribution in [-0.4, -0.2) is 16.9 Å². The third-order valence-electron chi connectivity index (χ3n) is 6.25. The van der Waals surface area contributed by atoms with Gasteiger partial charge in [-0.3, -0.25) is 14.5 Å². The molecule has 41 heavy (non-hydrogen) atoms. The summed E-state index contributed by atoms with van der Waals surface area (Å²) in [6, 6.07) is 19.3. The van der Waals surface area contributed by atoms with Crippen molar-refractivity contribution < 1.29 is 27.9 Å². The van der Waals surface area contributed by atoms with Crippen molar-refractivity contribution in [3.8, 4) is 11.8 Å². The quantitative estimate of drug-likeness (QED) is 0.336. The molecule has 1 heterocycles. The first-order chi connectivity index (χ1) is 19.6. The van der Waals surface area contributed by atoms with Crippen LogP contribution in [0, 0.1) is 11.3 Å². The predicted molar refractivity (Wildman–Crippen MR) is 153 cm³/mol. The highest BCUT2D eigenvalue weighted by molar-refractivity contribution is 6.06. The fraction of sp³-hybridized carbons (Fsp3) is 0.281. The van der Waals surface area contributed by atoms with Crippen molar-refractivity contribution in [3.63, 3.8) is 0 Å². The Morgan fingerprint density at radius 1 is 1.02 bits per heavy atom. The van der Waals surface area contributed by atoms with E-state index in [1.54, 1.807) is 42.5 Å². The first-order valence-corrected chi connectivity index (χ1v) is 13.4. The SMILES string of the molecule is CC.CC.CC1=C(C(=O)NCc2ccccc2O)C(c2ccc(C#N)cc2)CC(=O)N1c1cccc(C(F)(F)F)c1. The number of carbonyl (C=O) groups excluding carboxylic acids is 2. The van der Waals surface area contributed by atoms with E-state index in [0.717, 1.165) is 17.0 Å². The molecule has 0 saturated carbocycles. The number of nitrogens with one attached hydrogen (secondary N) is 1. The average molecular weight is 566 g/mol. The Kier molecular flexibility index (Phi) is 11.7. The molecular weight excluding hydrogens is 531 g/mol. The Morgan fingerprint density at radius 2 is 1.66 bits per heavy atom. The minimum atomic E-state index is -4.60. The molecule has 0 spiro atoms. The topological polar surface area (TPSA) is 93.4 Å². The molecule has 0 saturated heterocycles. The smallest absolute Gasteiger partial charge is 0.416 e. The van der Waals surface area contributed by atoms with E-state index >= 15 is 0 Å². The second kappa shape index (κ2) is 14.7. The summed E-state index contributed by atoms with van der Waals surface area (Å²) in [6.07, 6.45) is -4.77. The van der Waals surface area contributed by atoms with Gasteiger partial charge in [-0.1, -0.05) is 64.1 Å². The molecule has 1 atom stereocenters. The molecule has 0 fully saturated rings. The van der Waals surface area contributed by atoms with Gasteiger partial charge in [0.2, 0.25) is 11.8 Å². The minimum Gasteiger partial charge on any atom is -0.508 e. The number of nitriles is 1. The minimum absolute atomic E-state index is 0.000117. The number of allylic oxidation sites excluding steroid dienone is 1. The number of hydrogen-bond acceptors (Lipinski definition) is 4. The van der Waals surface area contributed by atoms with E-state index in [4.69, 9.17) is 5.26 Å². The van der Waals surface area contributed by atoms with Gasteiger partial charge >= 0.3 is 6.18 Å². The normalized spacial score (nSPS) is 14.7. The van der Waals surface area contributed by atoms with Crippen molar-refractivity contribution in [1.29, 1.82) is 5.26 Å². The second-order valence-electron chi connectivity index (χ2n) is 8.58. The lowest BCUT2D eigenvalue weighted by Crippen LogP contribution is -2.40. The first-order valence-electron chi connectivity index (χ1n) is 13.4. The number of para-hydroxylation sites is 1. The van der Waals surface area contributed by atoms with Crippen LogP contribution in [-0.2, 0) is 22.3 Å². The van der Waals surface area contributed by atoms with Gasteiger partial charge in [0.15, 0.2) is 0 Å². The number of anilines is 1. The van der Waals surface area contributed by atoms with Crippen molar-refractivity contribution in [2.75, 3.05) is 4.90 Å². The maximum Gasteiger partial charge on any atom is 0.416 e. The molecule has 2 N–H and O–H groups in total. The Labute approximate surface area is 238 Å². The summed E-state index contributed by atoms with van der Waals surface area (Å²) in [5.74, 6) is -1.68. The van der Waals surface area contributed by atoms with E-state index in [9.17, 15) is 27.9 Å². The lowest BCUT2D eigenvalue weighted by Gasteiger charge is -2.35. The standard InChI is InChI=1S/C28H22F3N3O3.2C2H6/c1-17-26(27(37)33-16-20-5-2-3-8-24(20)35)23(19-11-9-18(15-32)10-12-19)14-25(36)34(17)22-7-4-6-21(13-22)28(29,30)31;2*1-2/h2-13,23,35H,14,16H2,1H3,(H,33,37);2*1-2H3. The number of carbonyl (C=O) groups is 2. The zero-order chi connectivity index (χ0) is 30.7. The lowest BCUT2D eigenvalue weighted by atomic mass is 9.82. The molecule has 1 unspecified atom stereocenters. The van der Waals surface area contributed by atoms with Crippen molar-refractivity contribution in [2.45, 2.75) is 59.7 Å². The molecule has 216 valence electrons. The predicted octanol–water partition coefficient (Wildman–Crippen LogP) is 7.45. The third-order valence-corrected chi connectivity index (χ3v) is 6.25. The number of hydrogen-bond donors (Lipinski definition) is 2. The van der Waals surface area contributed by atoms with Crippen LogP contribution in [0.2, 0.25) is 0 Å². The number of rotatable bonds is 5. The van der Waals surface area contributed by atoms with Gasteiger partial charge in [-0.05, 0) is 48.9 Å². The lowest BCUT2D eigenvalue weighted by molar-refractivity contribution is -0.137. The monoisotopic (exact) mass is 565 g/mol. The number of benzene rings is 3. The summed E-state index contributed by atoms with van der Waals surface area (Å²) in [5, 5.41) is 21.9. The van der Waals surface area contributed by atoms with Gasteiger partial charge in [0.05, 0.1) is 17.2 Å². The van der Waals surface area contributed by atoms with Crippen LogP contribution in [0.25, 0.3) is 0 Å². The highest BCUT2D eigenvalue weighted by atomic mass is 19.4. The van der Waals surface area contributed by atoms with Crippen LogP contribution in [0.5, 0.6) is 5.75 Å². The highest BCUT2D eigenvalue weighted by Crippen LogP contribution is 2.40. The van der Waals surface area contributed by atoms with Gasteiger partial charge in [0, 0.05) is 41.4 Å². The van der Waals surface area contributed by atoms with Gasteiger partial charge in [0.25, 0.3) is 0 Å². The Bertz CT molecular complexity index is 1420. The van der Waals surface area contributed by atoms with Gasteiger partial charge in [-0.15, -0.1) is 0 Å². The van der Waals surface area contributed by atoms with Gasteiger partial charge in [-0.25, -0.2) is 0 Å². The van der Waals surface area contributed by atoms with Crippen LogP contribution >= 0.6 is 0 Å². The van der Waals surface area contributed by atoms with Crippen LogP contribution < -0.4 is 10.2 Å². The summed E-state index contributed by atoms with van der Waals surface area (Å²) < 4.78 is 40.1. The average Bonchev–Trinajstić information content (AvgIpc) is 2.98. The molecule has 3 aromatic carbocycles. The van der Waals surface area contributed by atoms with Crippen molar-refractivity contribution in [1.82, 2.24) is 5.32 Å². The number of nitrogens with zero attached hydrogens (tertiary/aromatic N) is 2. The Morgan fingerprint density at radius 3 is 2.24 bits per heavy atom. The number of halogens is 3. The molecule has 0 aliphatic carbocycles. The van der Waals surface area contributed by atoms with E-state index < -0.39 is 29.5 Å². The summed E-state index contributed by atoms with van der Waals surface area (Å²) >= 11 is 0. The van der Waals surface area contributed by atoms with E-state index in [2.05, 4.69) is 5.32 Å². The van der Waals surface area contributed by atoms with Gasteiger partial charge in [-0.2, -0.15) is 18.4 Å². The van der Waals surface area contributed by atoms with Crippen LogP contribution in [0.4, 0.5) is 18.9 Å². The zero-order valence-corrected chi connectivity index (χ0v) is 23.7. The largest absolute Gasteiger partial charge is 0.508 e. The van der Waals surface area contributed by atoms with E-state index in [1.807, 2.05) is 33.8 Å². The van der Waals surface area contributed by atoms with Gasteiger partial charge < -0.3 is 10.4 Å². The summed E-state index contributed by atoms with van der Waals surface area (Å²) in [7, 11) is 0. The van der Waals surface area contributed by atoms with Crippen molar-refractivity contribution >= 4 is 17.5 Å². The molecule has 0 bridgehead atoms. The molecule has 4 rings (SSSR count). The third kappa shape index (κ3) is 7.76. The molecule has 0 radical (unpaired) electrons. The zero-order valence-electron chi connectivity index (χ0n) is 23.7.